The fourth-order valence-electron chi connectivity index (χ4n) is 1.92. The first-order chi connectivity index (χ1) is 9.29. The minimum atomic E-state index is -3.79. The van der Waals surface area contributed by atoms with E-state index in [9.17, 15) is 8.42 Å². The van der Waals surface area contributed by atoms with Crippen molar-refractivity contribution in [3.8, 4) is 0 Å². The Labute approximate surface area is 118 Å². The molecule has 0 saturated carbocycles. The van der Waals surface area contributed by atoms with Crippen LogP contribution in [0.4, 0.5) is 17.1 Å². The Morgan fingerprint density at radius 2 is 1.55 bits per heavy atom. The standard InChI is InChI=1S/C14H17N3O2S/c1-10-3-5-11(6-4-10)17(2)12-7-8-14(13(15)9-12)20(16,18)19/h3-9H,15H2,1-2H3,(H2,16,18,19). The second kappa shape index (κ2) is 5.15. The van der Waals surface area contributed by atoms with Gasteiger partial charge in [-0.15, -0.1) is 0 Å². The summed E-state index contributed by atoms with van der Waals surface area (Å²) in [4.78, 5) is 1.86. The molecule has 0 aliphatic carbocycles. The van der Waals surface area contributed by atoms with Gasteiger partial charge in [-0.05, 0) is 37.3 Å². The SMILES string of the molecule is Cc1ccc(N(C)c2ccc(S(N)(=O)=O)c(N)c2)cc1. The summed E-state index contributed by atoms with van der Waals surface area (Å²) in [6.45, 7) is 2.02. The van der Waals surface area contributed by atoms with Crippen molar-refractivity contribution in [1.82, 2.24) is 0 Å². The second-order valence-electron chi connectivity index (χ2n) is 4.66. The van der Waals surface area contributed by atoms with Gasteiger partial charge in [0.15, 0.2) is 0 Å². The Morgan fingerprint density at radius 3 is 2.05 bits per heavy atom. The summed E-state index contributed by atoms with van der Waals surface area (Å²) < 4.78 is 22.7. The summed E-state index contributed by atoms with van der Waals surface area (Å²) in [5.74, 6) is 0. The van der Waals surface area contributed by atoms with Crippen molar-refractivity contribution in [2.24, 2.45) is 5.14 Å². The average molecular weight is 291 g/mol. The molecule has 0 aromatic heterocycles. The van der Waals surface area contributed by atoms with Crippen molar-refractivity contribution < 1.29 is 8.42 Å². The van der Waals surface area contributed by atoms with Crippen LogP contribution in [0.15, 0.2) is 47.4 Å². The number of hydrogen-bond donors (Lipinski definition) is 2. The van der Waals surface area contributed by atoms with Crippen LogP contribution in [0.25, 0.3) is 0 Å². The smallest absolute Gasteiger partial charge is 0.240 e. The molecule has 2 rings (SSSR count). The normalized spacial score (nSPS) is 11.3. The second-order valence-corrected chi connectivity index (χ2v) is 6.19. The molecule has 0 bridgehead atoms. The first-order valence-electron chi connectivity index (χ1n) is 6.02. The maximum Gasteiger partial charge on any atom is 0.240 e. The molecule has 2 aromatic rings. The van der Waals surface area contributed by atoms with Crippen molar-refractivity contribution in [2.45, 2.75) is 11.8 Å². The van der Waals surface area contributed by atoms with E-state index in [-0.39, 0.29) is 10.6 Å². The third-order valence-electron chi connectivity index (χ3n) is 3.11. The first-order valence-corrected chi connectivity index (χ1v) is 7.56. The minimum Gasteiger partial charge on any atom is -0.398 e. The molecule has 4 N–H and O–H groups in total. The van der Waals surface area contributed by atoms with E-state index in [1.807, 2.05) is 43.1 Å². The highest BCUT2D eigenvalue weighted by Crippen LogP contribution is 2.28. The Balaban J connectivity index is 2.39. The van der Waals surface area contributed by atoms with Crippen LogP contribution < -0.4 is 15.8 Å². The predicted octanol–water partition coefficient (Wildman–Crippen LogP) is 1.99. The van der Waals surface area contributed by atoms with E-state index in [0.717, 1.165) is 11.4 Å². The van der Waals surface area contributed by atoms with Crippen LogP contribution in [0.2, 0.25) is 0 Å². The fraction of sp³-hybridized carbons (Fsp3) is 0.143. The molecule has 20 heavy (non-hydrogen) atoms. The Kier molecular flexibility index (Phi) is 3.69. The molecule has 0 saturated heterocycles. The van der Waals surface area contributed by atoms with Crippen LogP contribution >= 0.6 is 0 Å². The molecule has 2 aromatic carbocycles. The molecule has 0 amide bonds. The number of nitrogens with two attached hydrogens (primary N) is 2. The predicted molar refractivity (Wildman–Crippen MR) is 81.5 cm³/mol. The van der Waals surface area contributed by atoms with E-state index in [2.05, 4.69) is 0 Å². The lowest BCUT2D eigenvalue weighted by Gasteiger charge is -2.20. The van der Waals surface area contributed by atoms with Gasteiger partial charge < -0.3 is 10.6 Å². The molecular formula is C14H17N3O2S. The molecule has 0 spiro atoms. The summed E-state index contributed by atoms with van der Waals surface area (Å²) in [5, 5.41) is 5.09. The van der Waals surface area contributed by atoms with Gasteiger partial charge in [-0.25, -0.2) is 13.6 Å². The van der Waals surface area contributed by atoms with Gasteiger partial charge in [0, 0.05) is 18.4 Å². The van der Waals surface area contributed by atoms with Crippen molar-refractivity contribution in [3.63, 3.8) is 0 Å². The Hall–Kier alpha value is -2.05. The maximum absolute atomic E-state index is 11.3. The number of rotatable bonds is 3. The number of aryl methyl sites for hydroxylation is 1. The van der Waals surface area contributed by atoms with Crippen molar-refractivity contribution in [2.75, 3.05) is 17.7 Å². The first kappa shape index (κ1) is 14.4. The van der Waals surface area contributed by atoms with Gasteiger partial charge in [0.05, 0.1) is 5.69 Å². The van der Waals surface area contributed by atoms with Gasteiger partial charge in [-0.1, -0.05) is 17.7 Å². The molecule has 5 nitrogen and oxygen atoms in total. The highest BCUT2D eigenvalue weighted by atomic mass is 32.2. The van der Waals surface area contributed by atoms with E-state index in [1.165, 1.54) is 11.6 Å². The third-order valence-corrected chi connectivity index (χ3v) is 4.09. The van der Waals surface area contributed by atoms with Crippen LogP contribution in [-0.2, 0) is 10.0 Å². The Bertz CT molecular complexity index is 725. The van der Waals surface area contributed by atoms with Crippen molar-refractivity contribution in [3.05, 3.63) is 48.0 Å². The number of anilines is 3. The summed E-state index contributed by atoms with van der Waals surface area (Å²) in [5.41, 5.74) is 8.85. The van der Waals surface area contributed by atoms with Crippen LogP contribution in [0.3, 0.4) is 0 Å². The molecule has 0 aliphatic heterocycles. The molecule has 106 valence electrons. The van der Waals surface area contributed by atoms with Crippen molar-refractivity contribution in [1.29, 1.82) is 0 Å². The zero-order valence-electron chi connectivity index (χ0n) is 11.4. The van der Waals surface area contributed by atoms with Gasteiger partial charge >= 0.3 is 0 Å². The summed E-state index contributed by atoms with van der Waals surface area (Å²) in [7, 11) is -1.90. The van der Waals surface area contributed by atoms with Crippen LogP contribution in [0, 0.1) is 6.92 Å². The molecule has 0 heterocycles. The Morgan fingerprint density at radius 1 is 1.00 bits per heavy atom. The fourth-order valence-corrected chi connectivity index (χ4v) is 2.57. The highest BCUT2D eigenvalue weighted by molar-refractivity contribution is 7.89. The number of primary sulfonamides is 1. The molecule has 6 heteroatoms. The maximum atomic E-state index is 11.3. The summed E-state index contributed by atoms with van der Waals surface area (Å²) in [6, 6.07) is 12.7. The number of sulfonamides is 1. The van der Waals surface area contributed by atoms with Gasteiger partial charge in [-0.3, -0.25) is 0 Å². The lowest BCUT2D eigenvalue weighted by atomic mass is 10.2. The van der Waals surface area contributed by atoms with E-state index >= 15 is 0 Å². The number of nitrogens with zero attached hydrogens (tertiary/aromatic N) is 1. The lowest BCUT2D eigenvalue weighted by Crippen LogP contribution is -2.15. The zero-order valence-corrected chi connectivity index (χ0v) is 12.2. The summed E-state index contributed by atoms with van der Waals surface area (Å²) in [6.07, 6.45) is 0. The molecular weight excluding hydrogens is 274 g/mol. The largest absolute Gasteiger partial charge is 0.398 e. The molecule has 0 radical (unpaired) electrons. The van der Waals surface area contributed by atoms with Gasteiger partial charge in [0.25, 0.3) is 0 Å². The molecule has 0 unspecified atom stereocenters. The van der Waals surface area contributed by atoms with Crippen LogP contribution in [0.5, 0.6) is 0 Å². The van der Waals surface area contributed by atoms with E-state index in [1.54, 1.807) is 12.1 Å². The quantitative estimate of drug-likeness (QED) is 0.846. The third kappa shape index (κ3) is 2.92. The number of nitrogen functional groups attached to an aromatic ring is 1. The summed E-state index contributed by atoms with van der Waals surface area (Å²) >= 11 is 0. The minimum absolute atomic E-state index is 0.0569. The van der Waals surface area contributed by atoms with E-state index < -0.39 is 10.0 Å². The van der Waals surface area contributed by atoms with E-state index in [0.29, 0.717) is 0 Å². The van der Waals surface area contributed by atoms with Gasteiger partial charge in [0.1, 0.15) is 4.90 Å². The molecule has 0 aliphatic rings. The monoisotopic (exact) mass is 291 g/mol. The lowest BCUT2D eigenvalue weighted by molar-refractivity contribution is 0.598. The van der Waals surface area contributed by atoms with Crippen molar-refractivity contribution >= 4 is 27.1 Å². The van der Waals surface area contributed by atoms with Crippen LogP contribution in [0.1, 0.15) is 5.56 Å². The van der Waals surface area contributed by atoms with Crippen LogP contribution in [-0.4, -0.2) is 15.5 Å². The van der Waals surface area contributed by atoms with Gasteiger partial charge in [-0.2, -0.15) is 0 Å². The molecule has 0 fully saturated rings. The zero-order chi connectivity index (χ0) is 14.9. The number of benzene rings is 2. The topological polar surface area (TPSA) is 89.4 Å². The van der Waals surface area contributed by atoms with Gasteiger partial charge in [0.2, 0.25) is 10.0 Å². The molecule has 0 atom stereocenters. The van der Waals surface area contributed by atoms with E-state index in [4.69, 9.17) is 10.9 Å². The average Bonchev–Trinajstić information content (AvgIpc) is 2.37. The highest BCUT2D eigenvalue weighted by Gasteiger charge is 2.14. The number of hydrogen-bond acceptors (Lipinski definition) is 4.